The second-order valence-corrected chi connectivity index (χ2v) is 8.43. The molecule has 0 aliphatic heterocycles. The first kappa shape index (κ1) is 23.7. The average Bonchev–Trinajstić information content (AvgIpc) is 3.17. The lowest BCUT2D eigenvalue weighted by Crippen LogP contribution is -3.00. The van der Waals surface area contributed by atoms with E-state index in [1.165, 1.54) is 24.3 Å². The zero-order valence-corrected chi connectivity index (χ0v) is 19.0. The van der Waals surface area contributed by atoms with Crippen LogP contribution in [0.5, 0.6) is 0 Å². The van der Waals surface area contributed by atoms with E-state index >= 15 is 0 Å². The summed E-state index contributed by atoms with van der Waals surface area (Å²) in [6.45, 7) is 0.764. The summed E-state index contributed by atoms with van der Waals surface area (Å²) < 4.78 is 3.73. The Hall–Kier alpha value is -2.99. The van der Waals surface area contributed by atoms with Crippen molar-refractivity contribution in [3.05, 3.63) is 66.9 Å². The molecule has 4 rings (SSSR count). The molecule has 168 valence electrons. The highest BCUT2D eigenvalue weighted by Gasteiger charge is 2.24. The Morgan fingerprint density at radius 1 is 0.844 bits per heavy atom. The Labute approximate surface area is 197 Å². The number of benzene rings is 2. The number of rotatable bonds is 6. The van der Waals surface area contributed by atoms with Gasteiger partial charge < -0.3 is 12.4 Å². The Bertz CT molecular complexity index is 1260. The van der Waals surface area contributed by atoms with Crippen molar-refractivity contribution in [1.82, 2.24) is 19.6 Å². The summed E-state index contributed by atoms with van der Waals surface area (Å²) >= 11 is 12.4. The fourth-order valence-electron chi connectivity index (χ4n) is 3.47. The van der Waals surface area contributed by atoms with Crippen LogP contribution >= 0.6 is 23.2 Å². The largest absolute Gasteiger partial charge is 1.00 e. The first-order valence-electron chi connectivity index (χ1n) is 8.99. The van der Waals surface area contributed by atoms with Gasteiger partial charge in [0.15, 0.2) is 23.6 Å². The van der Waals surface area contributed by atoms with E-state index in [2.05, 4.69) is 10.2 Å². The molecule has 0 saturated carbocycles. The number of quaternary nitrogens is 1. The normalized spacial score (nSPS) is 11.6. The monoisotopic (exact) mass is 499 g/mol. The van der Waals surface area contributed by atoms with Crippen molar-refractivity contribution in [3.63, 3.8) is 0 Å². The van der Waals surface area contributed by atoms with E-state index in [9.17, 15) is 20.2 Å². The summed E-state index contributed by atoms with van der Waals surface area (Å²) in [6.07, 6.45) is 0. The first-order valence-corrected chi connectivity index (χ1v) is 9.74. The van der Waals surface area contributed by atoms with Gasteiger partial charge in [0, 0.05) is 35.0 Å². The number of aromatic nitrogens is 4. The molecule has 0 bridgehead atoms. The predicted molar refractivity (Wildman–Crippen MR) is 115 cm³/mol. The minimum Gasteiger partial charge on any atom is -1.00 e. The molecule has 4 aromatic rings. The summed E-state index contributed by atoms with van der Waals surface area (Å²) in [7, 11) is 3.89. The summed E-state index contributed by atoms with van der Waals surface area (Å²) in [5.41, 5.74) is 1.21. The van der Waals surface area contributed by atoms with E-state index < -0.39 is 9.85 Å². The molecular formula is C18H16Cl3N7O4. The van der Waals surface area contributed by atoms with E-state index in [1.54, 1.807) is 21.5 Å². The maximum Gasteiger partial charge on any atom is 0.270 e. The SMILES string of the molecule is C[N+](C)(Cn1nc(Cl)c2cc([N+](=O)[O-])ccc21)Cn1nc(Cl)c2cc([N+](=O)[O-])ccc21.[Cl-]. The standard InChI is InChI=1S/C18H16Cl2N7O4.ClH/c1-27(2,9-23-15-5-3-11(25(28)29)7-13(15)17(19)21-23)10-24-16-6-4-12(26(30)31)8-14(16)18(20)22-24;/h3-8H,9-10H2,1-2H3;1H/q+1;/p-1. The zero-order chi connectivity index (χ0) is 22.5. The topological polar surface area (TPSA) is 122 Å². The van der Waals surface area contributed by atoms with Crippen molar-refractivity contribution in [2.24, 2.45) is 0 Å². The minimum absolute atomic E-state index is 0. The van der Waals surface area contributed by atoms with Crippen LogP contribution in [0.1, 0.15) is 0 Å². The summed E-state index contributed by atoms with van der Waals surface area (Å²) in [5.74, 6) is 0. The number of hydrogen-bond acceptors (Lipinski definition) is 6. The lowest BCUT2D eigenvalue weighted by molar-refractivity contribution is -0.934. The smallest absolute Gasteiger partial charge is 0.270 e. The van der Waals surface area contributed by atoms with Crippen LogP contribution in [-0.4, -0.2) is 48.0 Å². The van der Waals surface area contributed by atoms with Gasteiger partial charge in [0.1, 0.15) is 0 Å². The molecule has 0 N–H and O–H groups in total. The second-order valence-electron chi connectivity index (χ2n) is 7.72. The number of halogens is 3. The van der Waals surface area contributed by atoms with Crippen LogP contribution in [0.15, 0.2) is 36.4 Å². The van der Waals surface area contributed by atoms with Crippen molar-refractivity contribution < 1.29 is 26.7 Å². The molecule has 2 heterocycles. The maximum absolute atomic E-state index is 11.0. The molecule has 11 nitrogen and oxygen atoms in total. The molecule has 0 spiro atoms. The van der Waals surface area contributed by atoms with Gasteiger partial charge in [-0.3, -0.25) is 24.7 Å². The van der Waals surface area contributed by atoms with Crippen LogP contribution in [0.4, 0.5) is 11.4 Å². The van der Waals surface area contributed by atoms with Gasteiger partial charge in [-0.25, -0.2) is 9.36 Å². The van der Waals surface area contributed by atoms with Gasteiger partial charge in [0.05, 0.1) is 35.0 Å². The van der Waals surface area contributed by atoms with Gasteiger partial charge in [-0.15, -0.1) is 0 Å². The lowest BCUT2D eigenvalue weighted by atomic mass is 10.2. The summed E-state index contributed by atoms with van der Waals surface area (Å²) in [4.78, 5) is 21.1. The second kappa shape index (κ2) is 8.51. The molecule has 2 aromatic heterocycles. The van der Waals surface area contributed by atoms with Crippen molar-refractivity contribution in [2.45, 2.75) is 13.3 Å². The summed E-state index contributed by atoms with van der Waals surface area (Å²) in [6, 6.07) is 8.84. The van der Waals surface area contributed by atoms with Gasteiger partial charge in [0.25, 0.3) is 11.4 Å². The number of non-ortho nitro benzene ring substituents is 2. The van der Waals surface area contributed by atoms with E-state index in [1.807, 2.05) is 14.1 Å². The van der Waals surface area contributed by atoms with Crippen LogP contribution in [0.3, 0.4) is 0 Å². The highest BCUT2D eigenvalue weighted by atomic mass is 35.5. The lowest BCUT2D eigenvalue weighted by Gasteiger charge is -2.29. The van der Waals surface area contributed by atoms with Crippen molar-refractivity contribution >= 4 is 56.4 Å². The Morgan fingerprint density at radius 3 is 1.56 bits per heavy atom. The number of hydrogen-bond donors (Lipinski definition) is 0. The third-order valence-corrected chi connectivity index (χ3v) is 5.39. The third kappa shape index (κ3) is 4.32. The van der Waals surface area contributed by atoms with Crippen molar-refractivity contribution in [1.29, 1.82) is 0 Å². The predicted octanol–water partition coefficient (Wildman–Crippen LogP) is 1.20. The molecule has 0 radical (unpaired) electrons. The first-order chi connectivity index (χ1) is 14.6. The zero-order valence-electron chi connectivity index (χ0n) is 16.8. The molecule has 0 atom stereocenters. The van der Waals surface area contributed by atoms with E-state index in [4.69, 9.17) is 23.2 Å². The highest BCUT2D eigenvalue weighted by molar-refractivity contribution is 6.34. The molecule has 0 fully saturated rings. The van der Waals surface area contributed by atoms with Gasteiger partial charge in [0.2, 0.25) is 0 Å². The fraction of sp³-hybridized carbons (Fsp3) is 0.222. The molecule has 0 aliphatic carbocycles. The fourth-order valence-corrected chi connectivity index (χ4v) is 3.95. The maximum atomic E-state index is 11.0. The molecule has 2 aromatic carbocycles. The van der Waals surface area contributed by atoms with Crippen molar-refractivity contribution in [2.75, 3.05) is 14.1 Å². The van der Waals surface area contributed by atoms with Crippen LogP contribution in [0.25, 0.3) is 21.8 Å². The number of nitro groups is 2. The molecule has 32 heavy (non-hydrogen) atoms. The molecular weight excluding hydrogens is 485 g/mol. The molecule has 14 heteroatoms. The quantitative estimate of drug-likeness (QED) is 0.223. The minimum atomic E-state index is -0.482. The van der Waals surface area contributed by atoms with Crippen LogP contribution in [0.2, 0.25) is 10.3 Å². The van der Waals surface area contributed by atoms with E-state index in [-0.39, 0.29) is 34.1 Å². The summed E-state index contributed by atoms with van der Waals surface area (Å²) in [5, 5.41) is 32.1. The van der Waals surface area contributed by atoms with E-state index in [0.717, 1.165) is 0 Å². The van der Waals surface area contributed by atoms with Crippen LogP contribution in [0, 0.1) is 20.2 Å². The molecule has 0 amide bonds. The van der Waals surface area contributed by atoms with Gasteiger partial charge in [-0.05, 0) is 12.1 Å². The number of nitro benzene ring substituents is 2. The van der Waals surface area contributed by atoms with Crippen molar-refractivity contribution in [3.8, 4) is 0 Å². The van der Waals surface area contributed by atoms with Crippen LogP contribution < -0.4 is 12.4 Å². The average molecular weight is 501 g/mol. The third-order valence-electron chi connectivity index (χ3n) is 4.83. The Morgan fingerprint density at radius 2 is 1.22 bits per heavy atom. The van der Waals surface area contributed by atoms with Gasteiger partial charge in [-0.1, -0.05) is 23.2 Å². The Balaban J connectivity index is 0.00000289. The highest BCUT2D eigenvalue weighted by Crippen LogP contribution is 2.29. The Kier molecular flexibility index (Phi) is 6.29. The molecule has 0 unspecified atom stereocenters. The van der Waals surface area contributed by atoms with Crippen LogP contribution in [-0.2, 0) is 13.3 Å². The van der Waals surface area contributed by atoms with Gasteiger partial charge in [-0.2, -0.15) is 10.2 Å². The molecule has 0 saturated heterocycles. The molecule has 0 aliphatic rings. The van der Waals surface area contributed by atoms with E-state index in [0.29, 0.717) is 39.6 Å². The number of nitrogens with zero attached hydrogens (tertiary/aromatic N) is 7. The van der Waals surface area contributed by atoms with Gasteiger partial charge >= 0.3 is 0 Å². The number of fused-ring (bicyclic) bond motifs is 2.